The van der Waals surface area contributed by atoms with E-state index in [2.05, 4.69) is 0 Å². The molecule has 112 valence electrons. The molecule has 0 bridgehead atoms. The van der Waals surface area contributed by atoms with Crippen molar-refractivity contribution in [2.24, 2.45) is 0 Å². The number of hydrogen-bond donors (Lipinski definition) is 2. The number of piperidine rings is 1. The quantitative estimate of drug-likeness (QED) is 0.805. The molecule has 0 radical (unpaired) electrons. The average molecular weight is 302 g/mol. The Labute approximate surface area is 110 Å². The summed E-state index contributed by atoms with van der Waals surface area (Å²) >= 11 is 0. The number of aliphatic hydroxyl groups is 1. The molecule has 2 rings (SSSR count). The molecule has 1 saturated heterocycles. The third-order valence-corrected chi connectivity index (χ3v) is 5.46. The van der Waals surface area contributed by atoms with E-state index in [0.29, 0.717) is 12.8 Å². The number of rotatable bonds is 4. The lowest BCUT2D eigenvalue weighted by Crippen LogP contribution is -2.56. The number of nitrogens with one attached hydrogen (secondary N) is 1. The van der Waals surface area contributed by atoms with E-state index >= 15 is 0 Å². The summed E-state index contributed by atoms with van der Waals surface area (Å²) in [5.74, 6) is 0. The number of alkyl halides is 3. The summed E-state index contributed by atoms with van der Waals surface area (Å²) < 4.78 is 65.2. The highest BCUT2D eigenvalue weighted by atomic mass is 32.2. The second-order valence-corrected chi connectivity index (χ2v) is 6.75. The number of aliphatic hydroxyl groups excluding tert-OH is 1. The molecule has 1 unspecified atom stereocenters. The first-order chi connectivity index (χ1) is 8.72. The van der Waals surface area contributed by atoms with E-state index in [0.717, 1.165) is 10.7 Å². The van der Waals surface area contributed by atoms with Gasteiger partial charge in [-0.3, -0.25) is 0 Å². The Morgan fingerprint density at radius 1 is 1.32 bits per heavy atom. The Kier molecular flexibility index (Phi) is 3.85. The topological polar surface area (TPSA) is 69.6 Å². The molecule has 19 heavy (non-hydrogen) atoms. The van der Waals surface area contributed by atoms with Gasteiger partial charge in [0.1, 0.15) is 5.54 Å². The first kappa shape index (κ1) is 15.0. The van der Waals surface area contributed by atoms with Crippen LogP contribution in [0.25, 0.3) is 0 Å². The second kappa shape index (κ2) is 4.87. The van der Waals surface area contributed by atoms with Crippen molar-refractivity contribution in [3.05, 3.63) is 0 Å². The molecule has 1 aliphatic carbocycles. The van der Waals surface area contributed by atoms with Crippen LogP contribution in [-0.2, 0) is 10.2 Å². The minimum absolute atomic E-state index is 0.147. The summed E-state index contributed by atoms with van der Waals surface area (Å²) in [4.78, 5) is 0. The van der Waals surface area contributed by atoms with Crippen molar-refractivity contribution in [3.8, 4) is 0 Å². The molecule has 0 aromatic carbocycles. The van der Waals surface area contributed by atoms with Gasteiger partial charge in [0.2, 0.25) is 0 Å². The minimum Gasteiger partial charge on any atom is -0.395 e. The van der Waals surface area contributed by atoms with Crippen LogP contribution < -0.4 is 4.72 Å². The molecule has 1 atom stereocenters. The summed E-state index contributed by atoms with van der Waals surface area (Å²) in [7, 11) is -4.22. The SMILES string of the molecule is O=S(=O)(NC1(C(F)(F)F)CC1)N1CCCCC1CO. The van der Waals surface area contributed by atoms with Gasteiger partial charge in [-0.15, -0.1) is 0 Å². The molecule has 2 fully saturated rings. The zero-order valence-electron chi connectivity index (χ0n) is 10.3. The third kappa shape index (κ3) is 2.88. The van der Waals surface area contributed by atoms with Gasteiger partial charge in [-0.2, -0.15) is 30.6 Å². The number of hydrogen-bond acceptors (Lipinski definition) is 3. The van der Waals surface area contributed by atoms with E-state index in [1.165, 1.54) is 0 Å². The number of halogens is 3. The predicted octanol–water partition coefficient (Wildman–Crippen LogP) is 0.762. The van der Waals surface area contributed by atoms with Gasteiger partial charge < -0.3 is 5.11 Å². The first-order valence-corrected chi connectivity index (χ1v) is 7.64. The monoisotopic (exact) mass is 302 g/mol. The Balaban J connectivity index is 2.14. The molecular formula is C10H17F3N2O3S. The van der Waals surface area contributed by atoms with E-state index in [1.807, 2.05) is 0 Å². The van der Waals surface area contributed by atoms with Crippen molar-refractivity contribution in [2.75, 3.05) is 13.2 Å². The zero-order valence-corrected chi connectivity index (χ0v) is 11.1. The van der Waals surface area contributed by atoms with Crippen molar-refractivity contribution in [2.45, 2.75) is 49.9 Å². The van der Waals surface area contributed by atoms with Crippen molar-refractivity contribution < 1.29 is 26.7 Å². The fourth-order valence-corrected chi connectivity index (χ4v) is 4.21. The molecule has 0 aromatic heterocycles. The standard InChI is InChI=1S/C10H17F3N2O3S/c11-10(12,13)9(4-5-9)14-19(17,18)15-6-2-1-3-8(15)7-16/h8,14,16H,1-7H2. The molecule has 0 amide bonds. The zero-order chi connectivity index (χ0) is 14.3. The first-order valence-electron chi connectivity index (χ1n) is 6.20. The van der Waals surface area contributed by atoms with E-state index in [-0.39, 0.29) is 26.0 Å². The van der Waals surface area contributed by atoms with E-state index < -0.39 is 28.0 Å². The van der Waals surface area contributed by atoms with Crippen LogP contribution in [-0.4, -0.2) is 48.7 Å². The van der Waals surface area contributed by atoms with Crippen molar-refractivity contribution in [1.82, 2.24) is 9.03 Å². The van der Waals surface area contributed by atoms with Gasteiger partial charge in [-0.25, -0.2) is 0 Å². The molecule has 1 saturated carbocycles. The van der Waals surface area contributed by atoms with Crippen molar-refractivity contribution >= 4 is 10.2 Å². The maximum absolute atomic E-state index is 12.8. The third-order valence-electron chi connectivity index (χ3n) is 3.71. The van der Waals surface area contributed by atoms with Crippen LogP contribution in [0.15, 0.2) is 0 Å². The van der Waals surface area contributed by atoms with Crippen LogP contribution in [0.5, 0.6) is 0 Å². The molecule has 2 N–H and O–H groups in total. The molecular weight excluding hydrogens is 285 g/mol. The molecule has 0 aromatic rings. The lowest BCUT2D eigenvalue weighted by molar-refractivity contribution is -0.161. The summed E-state index contributed by atoms with van der Waals surface area (Å²) in [5.41, 5.74) is -2.30. The highest BCUT2D eigenvalue weighted by Gasteiger charge is 2.65. The van der Waals surface area contributed by atoms with Gasteiger partial charge >= 0.3 is 6.18 Å². The second-order valence-electron chi connectivity index (χ2n) is 5.13. The smallest absolute Gasteiger partial charge is 0.395 e. The Morgan fingerprint density at radius 2 is 1.95 bits per heavy atom. The van der Waals surface area contributed by atoms with E-state index in [4.69, 9.17) is 5.11 Å². The Morgan fingerprint density at radius 3 is 2.42 bits per heavy atom. The lowest BCUT2D eigenvalue weighted by Gasteiger charge is -2.35. The maximum Gasteiger partial charge on any atom is 0.407 e. The van der Waals surface area contributed by atoms with Crippen LogP contribution in [0.1, 0.15) is 32.1 Å². The summed E-state index contributed by atoms with van der Waals surface area (Å²) in [6.07, 6.45) is -3.21. The molecule has 9 heteroatoms. The van der Waals surface area contributed by atoms with Gasteiger partial charge in [-0.05, 0) is 25.7 Å². The normalized spacial score (nSPS) is 28.3. The average Bonchev–Trinajstić information content (AvgIpc) is 3.08. The van der Waals surface area contributed by atoms with Crippen LogP contribution in [0, 0.1) is 0 Å². The van der Waals surface area contributed by atoms with Crippen LogP contribution >= 0.6 is 0 Å². The molecule has 5 nitrogen and oxygen atoms in total. The highest BCUT2D eigenvalue weighted by Crippen LogP contribution is 2.49. The maximum atomic E-state index is 12.8. The molecule has 1 heterocycles. The van der Waals surface area contributed by atoms with Crippen molar-refractivity contribution in [1.29, 1.82) is 0 Å². The Hall–Kier alpha value is -0.380. The van der Waals surface area contributed by atoms with Gasteiger partial charge in [0.05, 0.1) is 6.61 Å². The lowest BCUT2D eigenvalue weighted by atomic mass is 10.1. The number of nitrogens with zero attached hydrogens (tertiary/aromatic N) is 1. The van der Waals surface area contributed by atoms with Crippen LogP contribution in [0.4, 0.5) is 13.2 Å². The minimum atomic E-state index is -4.58. The van der Waals surface area contributed by atoms with E-state index in [9.17, 15) is 21.6 Å². The van der Waals surface area contributed by atoms with Gasteiger partial charge in [0, 0.05) is 12.6 Å². The molecule has 1 aliphatic heterocycles. The fourth-order valence-electron chi connectivity index (χ4n) is 2.35. The van der Waals surface area contributed by atoms with Gasteiger partial charge in [-0.1, -0.05) is 6.42 Å². The molecule has 2 aliphatic rings. The largest absolute Gasteiger partial charge is 0.407 e. The van der Waals surface area contributed by atoms with Gasteiger partial charge in [0.25, 0.3) is 10.2 Å². The van der Waals surface area contributed by atoms with Crippen LogP contribution in [0.3, 0.4) is 0 Å². The summed E-state index contributed by atoms with van der Waals surface area (Å²) in [6, 6.07) is -0.629. The van der Waals surface area contributed by atoms with E-state index in [1.54, 1.807) is 4.72 Å². The Bertz CT molecular complexity index is 434. The molecule has 0 spiro atoms. The van der Waals surface area contributed by atoms with Crippen LogP contribution in [0.2, 0.25) is 0 Å². The van der Waals surface area contributed by atoms with Crippen molar-refractivity contribution in [3.63, 3.8) is 0 Å². The predicted molar refractivity (Wildman–Crippen MR) is 61.5 cm³/mol. The fraction of sp³-hybridized carbons (Fsp3) is 1.00. The summed E-state index contributed by atoms with van der Waals surface area (Å²) in [6.45, 7) is -0.228. The highest BCUT2D eigenvalue weighted by molar-refractivity contribution is 7.87. The summed E-state index contributed by atoms with van der Waals surface area (Å²) in [5, 5.41) is 9.14. The van der Waals surface area contributed by atoms with Gasteiger partial charge in [0.15, 0.2) is 0 Å².